The maximum Gasteiger partial charge on any atom is 0.284 e. The van der Waals surface area contributed by atoms with Crippen molar-refractivity contribution in [3.05, 3.63) is 87.6 Å². The van der Waals surface area contributed by atoms with Crippen LogP contribution in [0.4, 0.5) is 0 Å². The summed E-state index contributed by atoms with van der Waals surface area (Å²) >= 11 is 1.40. The van der Waals surface area contributed by atoms with Gasteiger partial charge in [-0.3, -0.25) is 4.79 Å². The summed E-state index contributed by atoms with van der Waals surface area (Å²) < 4.78 is 0. The summed E-state index contributed by atoms with van der Waals surface area (Å²) in [5.41, 5.74) is 3.72. The average Bonchev–Trinajstić information content (AvgIpc) is 3.32. The van der Waals surface area contributed by atoms with E-state index >= 15 is 0 Å². The number of nitrogens with zero attached hydrogens (tertiary/aromatic N) is 2. The molecule has 0 spiro atoms. The predicted octanol–water partition coefficient (Wildman–Crippen LogP) is 4.75. The van der Waals surface area contributed by atoms with Crippen LogP contribution >= 0.6 is 11.3 Å². The van der Waals surface area contributed by atoms with Crippen molar-refractivity contribution < 1.29 is 9.90 Å². The summed E-state index contributed by atoms with van der Waals surface area (Å²) in [4.78, 5) is 13.6. The summed E-state index contributed by atoms with van der Waals surface area (Å²) in [5.74, 6) is 0.0399. The highest BCUT2D eigenvalue weighted by atomic mass is 32.1. The number of phenolic OH excluding ortho intramolecular Hbond substituents is 1. The van der Waals surface area contributed by atoms with Crippen LogP contribution in [0, 0.1) is 6.92 Å². The summed E-state index contributed by atoms with van der Waals surface area (Å²) in [7, 11) is 0. The van der Waals surface area contributed by atoms with Gasteiger partial charge in [0.2, 0.25) is 0 Å². The Morgan fingerprint density at radius 3 is 2.73 bits per heavy atom. The van der Waals surface area contributed by atoms with E-state index in [0.717, 1.165) is 16.8 Å². The molecule has 4 rings (SSSR count). The Hall–Kier alpha value is -2.92. The second-order valence-corrected chi connectivity index (χ2v) is 7.27. The lowest BCUT2D eigenvalue weighted by Gasteiger charge is -2.22. The molecule has 0 saturated carbocycles. The second kappa shape index (κ2) is 6.77. The zero-order valence-corrected chi connectivity index (χ0v) is 15.1. The van der Waals surface area contributed by atoms with Crippen molar-refractivity contribution in [2.45, 2.75) is 19.4 Å². The van der Waals surface area contributed by atoms with Crippen LogP contribution in [0.5, 0.6) is 5.75 Å². The fourth-order valence-electron chi connectivity index (χ4n) is 3.22. The normalized spacial score (nSPS) is 16.6. The van der Waals surface area contributed by atoms with Gasteiger partial charge in [-0.25, -0.2) is 5.01 Å². The van der Waals surface area contributed by atoms with Crippen molar-refractivity contribution in [3.63, 3.8) is 0 Å². The molecule has 1 amide bonds. The molecule has 0 bridgehead atoms. The monoisotopic (exact) mass is 362 g/mol. The molecule has 26 heavy (non-hydrogen) atoms. The summed E-state index contributed by atoms with van der Waals surface area (Å²) in [6.07, 6.45) is 0.568. The molecule has 2 heterocycles. The summed E-state index contributed by atoms with van der Waals surface area (Å²) in [6.45, 7) is 2.04. The number of carbonyl (C=O) groups excluding carboxylic acids is 1. The van der Waals surface area contributed by atoms with Crippen molar-refractivity contribution in [2.24, 2.45) is 5.10 Å². The first-order chi connectivity index (χ1) is 12.6. The van der Waals surface area contributed by atoms with E-state index in [1.54, 1.807) is 18.2 Å². The van der Waals surface area contributed by atoms with E-state index in [1.165, 1.54) is 16.3 Å². The molecule has 2 aromatic carbocycles. The third-order valence-corrected chi connectivity index (χ3v) is 5.36. The van der Waals surface area contributed by atoms with Crippen molar-refractivity contribution in [1.29, 1.82) is 0 Å². The lowest BCUT2D eigenvalue weighted by molar-refractivity contribution is 0.0714. The lowest BCUT2D eigenvalue weighted by atomic mass is 9.97. The van der Waals surface area contributed by atoms with Gasteiger partial charge in [0.15, 0.2) is 0 Å². The van der Waals surface area contributed by atoms with Gasteiger partial charge in [0.25, 0.3) is 5.91 Å². The SMILES string of the molecule is Cc1cccc(C2=NN(C(=O)c3cccs3)C(c3ccccc3O)C2)c1. The molecular weight excluding hydrogens is 344 g/mol. The molecule has 1 N–H and O–H groups in total. The molecule has 3 aromatic rings. The van der Waals surface area contributed by atoms with Crippen LogP contribution in [0.15, 0.2) is 71.1 Å². The molecule has 130 valence electrons. The first-order valence-electron chi connectivity index (χ1n) is 8.43. The van der Waals surface area contributed by atoms with Crippen LogP contribution in [0.1, 0.15) is 38.8 Å². The first-order valence-corrected chi connectivity index (χ1v) is 9.31. The van der Waals surface area contributed by atoms with E-state index in [1.807, 2.05) is 48.7 Å². The Morgan fingerprint density at radius 1 is 1.15 bits per heavy atom. The number of hydrogen-bond acceptors (Lipinski definition) is 4. The molecule has 1 unspecified atom stereocenters. The Balaban J connectivity index is 1.76. The molecule has 0 aliphatic carbocycles. The third kappa shape index (κ3) is 3.02. The lowest BCUT2D eigenvalue weighted by Crippen LogP contribution is -2.26. The molecule has 0 fully saturated rings. The standard InChI is InChI=1S/C21H18N2O2S/c1-14-6-4-7-15(12-14)17-13-18(16-8-2-3-9-19(16)24)23(22-17)21(25)20-10-5-11-26-20/h2-12,18,24H,13H2,1H3. The number of rotatable bonds is 3. The third-order valence-electron chi connectivity index (χ3n) is 4.50. The van der Waals surface area contributed by atoms with Gasteiger partial charge in [0.05, 0.1) is 16.6 Å². The number of benzene rings is 2. The van der Waals surface area contributed by atoms with Gasteiger partial charge in [-0.05, 0) is 30.0 Å². The minimum Gasteiger partial charge on any atom is -0.508 e. The van der Waals surface area contributed by atoms with Crippen LogP contribution in [0.25, 0.3) is 0 Å². The average molecular weight is 362 g/mol. The summed E-state index contributed by atoms with van der Waals surface area (Å²) in [6, 6.07) is 18.6. The molecule has 0 radical (unpaired) electrons. The zero-order valence-electron chi connectivity index (χ0n) is 14.3. The number of amides is 1. The van der Waals surface area contributed by atoms with Gasteiger partial charge >= 0.3 is 0 Å². The Kier molecular flexibility index (Phi) is 4.31. The Bertz CT molecular complexity index is 979. The quantitative estimate of drug-likeness (QED) is 0.731. The molecule has 0 saturated heterocycles. The van der Waals surface area contributed by atoms with E-state index in [0.29, 0.717) is 16.9 Å². The van der Waals surface area contributed by atoms with Gasteiger partial charge in [0.1, 0.15) is 5.75 Å². The second-order valence-electron chi connectivity index (χ2n) is 6.32. The fourth-order valence-corrected chi connectivity index (χ4v) is 3.88. The van der Waals surface area contributed by atoms with Gasteiger partial charge in [0, 0.05) is 12.0 Å². The summed E-state index contributed by atoms with van der Waals surface area (Å²) in [5, 5.41) is 18.4. The number of para-hydroxylation sites is 1. The zero-order chi connectivity index (χ0) is 18.1. The number of phenols is 1. The molecule has 5 heteroatoms. The fraction of sp³-hybridized carbons (Fsp3) is 0.143. The van der Waals surface area contributed by atoms with Crippen molar-refractivity contribution >= 4 is 23.0 Å². The molecule has 1 aliphatic rings. The number of hydrazone groups is 1. The molecular formula is C21H18N2O2S. The van der Waals surface area contributed by atoms with Gasteiger partial charge in [-0.1, -0.05) is 54.1 Å². The van der Waals surface area contributed by atoms with Crippen molar-refractivity contribution in [3.8, 4) is 5.75 Å². The van der Waals surface area contributed by atoms with E-state index in [2.05, 4.69) is 11.2 Å². The smallest absolute Gasteiger partial charge is 0.284 e. The Morgan fingerprint density at radius 2 is 2.00 bits per heavy atom. The number of aryl methyl sites for hydroxylation is 1. The minimum atomic E-state index is -0.318. The van der Waals surface area contributed by atoms with Crippen LogP contribution in [-0.4, -0.2) is 21.7 Å². The van der Waals surface area contributed by atoms with Gasteiger partial charge in [-0.2, -0.15) is 5.10 Å². The van der Waals surface area contributed by atoms with Crippen molar-refractivity contribution in [1.82, 2.24) is 5.01 Å². The number of thiophene rings is 1. The van der Waals surface area contributed by atoms with Crippen LogP contribution < -0.4 is 0 Å². The predicted molar refractivity (Wildman–Crippen MR) is 104 cm³/mol. The molecule has 4 nitrogen and oxygen atoms in total. The van der Waals surface area contributed by atoms with Gasteiger partial charge < -0.3 is 5.11 Å². The maximum atomic E-state index is 13.0. The highest BCUT2D eigenvalue weighted by Crippen LogP contribution is 2.38. The highest BCUT2D eigenvalue weighted by Gasteiger charge is 2.35. The van der Waals surface area contributed by atoms with E-state index in [-0.39, 0.29) is 17.7 Å². The van der Waals surface area contributed by atoms with Crippen LogP contribution in [-0.2, 0) is 0 Å². The number of hydrogen-bond donors (Lipinski definition) is 1. The van der Waals surface area contributed by atoms with E-state index < -0.39 is 0 Å². The first kappa shape index (κ1) is 16.5. The largest absolute Gasteiger partial charge is 0.508 e. The van der Waals surface area contributed by atoms with Gasteiger partial charge in [-0.15, -0.1) is 11.3 Å². The molecule has 1 atom stereocenters. The van der Waals surface area contributed by atoms with E-state index in [9.17, 15) is 9.90 Å². The topological polar surface area (TPSA) is 52.9 Å². The number of carbonyl (C=O) groups is 1. The molecule has 1 aromatic heterocycles. The Labute approximate surface area is 156 Å². The van der Waals surface area contributed by atoms with Crippen molar-refractivity contribution in [2.75, 3.05) is 0 Å². The van der Waals surface area contributed by atoms with Crippen LogP contribution in [0.2, 0.25) is 0 Å². The number of aromatic hydroxyl groups is 1. The van der Waals surface area contributed by atoms with E-state index in [4.69, 9.17) is 0 Å². The molecule has 1 aliphatic heterocycles. The maximum absolute atomic E-state index is 13.0. The minimum absolute atomic E-state index is 0.143. The highest BCUT2D eigenvalue weighted by molar-refractivity contribution is 7.12. The van der Waals surface area contributed by atoms with Crippen LogP contribution in [0.3, 0.4) is 0 Å².